The molecule has 0 aromatic carbocycles. The van der Waals surface area contributed by atoms with Crippen LogP contribution in [0.15, 0.2) is 0 Å². The summed E-state index contributed by atoms with van der Waals surface area (Å²) in [5, 5.41) is 17.3. The van der Waals surface area contributed by atoms with Crippen LogP contribution in [-0.4, -0.2) is 34.4 Å². The monoisotopic (exact) mass is 247 g/mol. The van der Waals surface area contributed by atoms with Crippen molar-refractivity contribution in [2.45, 2.75) is 27.2 Å². The summed E-state index contributed by atoms with van der Waals surface area (Å²) in [6, 6.07) is 0. The predicted octanol–water partition coefficient (Wildman–Crippen LogP) is 1.64. The Morgan fingerprint density at radius 1 is 1.44 bits per heavy atom. The molecule has 1 rings (SSSR count). The third kappa shape index (κ3) is 2.77. The number of aromatic carboxylic acids is 1. The summed E-state index contributed by atoms with van der Waals surface area (Å²) in [6.07, 6.45) is 6.16. The van der Waals surface area contributed by atoms with Gasteiger partial charge in [-0.25, -0.2) is 4.79 Å². The van der Waals surface area contributed by atoms with Gasteiger partial charge in [-0.2, -0.15) is 5.10 Å². The minimum absolute atomic E-state index is 0.186. The van der Waals surface area contributed by atoms with Gasteiger partial charge in [-0.3, -0.25) is 0 Å². The lowest BCUT2D eigenvalue weighted by Gasteiger charge is -2.22. The molecule has 0 saturated heterocycles. The molecule has 0 aliphatic carbocycles. The number of aryl methyl sites for hydroxylation is 1. The van der Waals surface area contributed by atoms with Crippen LogP contribution >= 0.6 is 0 Å². The number of aromatic nitrogens is 2. The van der Waals surface area contributed by atoms with Crippen LogP contribution in [0.25, 0.3) is 0 Å². The highest BCUT2D eigenvalue weighted by Crippen LogP contribution is 2.22. The molecule has 0 fully saturated rings. The van der Waals surface area contributed by atoms with Crippen molar-refractivity contribution in [2.24, 2.45) is 0 Å². The smallest absolute Gasteiger partial charge is 0.339 e. The van der Waals surface area contributed by atoms with E-state index in [1.165, 1.54) is 0 Å². The molecule has 0 unspecified atom stereocenters. The molecule has 1 N–H and O–H groups in total. The lowest BCUT2D eigenvalue weighted by Crippen LogP contribution is -2.28. The first kappa shape index (κ1) is 14.0. The predicted molar refractivity (Wildman–Crippen MR) is 69.8 cm³/mol. The number of carboxylic acids is 1. The highest BCUT2D eigenvalue weighted by atomic mass is 16.4. The topological polar surface area (TPSA) is 66.3 Å². The van der Waals surface area contributed by atoms with Gasteiger partial charge in [0.05, 0.1) is 12.2 Å². The maximum Gasteiger partial charge on any atom is 0.339 e. The summed E-state index contributed by atoms with van der Waals surface area (Å²) < 4.78 is 0. The van der Waals surface area contributed by atoms with Crippen LogP contribution in [-0.2, 0) is 0 Å². The third-order valence-corrected chi connectivity index (χ3v) is 2.73. The van der Waals surface area contributed by atoms with Crippen molar-refractivity contribution < 1.29 is 9.90 Å². The van der Waals surface area contributed by atoms with E-state index < -0.39 is 5.97 Å². The molecular formula is C13H17N3O2. The summed E-state index contributed by atoms with van der Waals surface area (Å²) in [4.78, 5) is 13.1. The molecular weight excluding hydrogens is 230 g/mol. The van der Waals surface area contributed by atoms with Gasteiger partial charge in [0.1, 0.15) is 5.56 Å². The molecule has 0 bridgehead atoms. The van der Waals surface area contributed by atoms with E-state index in [1.54, 1.807) is 18.7 Å². The van der Waals surface area contributed by atoms with E-state index >= 15 is 0 Å². The molecule has 0 saturated carbocycles. The van der Waals surface area contributed by atoms with Crippen LogP contribution < -0.4 is 4.90 Å². The Morgan fingerprint density at radius 3 is 2.61 bits per heavy atom. The van der Waals surface area contributed by atoms with Crippen molar-refractivity contribution in [3.8, 4) is 12.3 Å². The fraction of sp³-hybridized carbons (Fsp3) is 0.462. The summed E-state index contributed by atoms with van der Waals surface area (Å²) in [7, 11) is 0. The van der Waals surface area contributed by atoms with Gasteiger partial charge in [-0.1, -0.05) is 12.8 Å². The van der Waals surface area contributed by atoms with Gasteiger partial charge in [0.15, 0.2) is 5.82 Å². The van der Waals surface area contributed by atoms with E-state index in [-0.39, 0.29) is 5.56 Å². The molecule has 0 aliphatic rings. The van der Waals surface area contributed by atoms with E-state index in [1.807, 2.05) is 6.92 Å². The maximum atomic E-state index is 11.4. The van der Waals surface area contributed by atoms with Gasteiger partial charge in [0.2, 0.25) is 0 Å². The number of carboxylic acid groups (broad SMARTS) is 1. The van der Waals surface area contributed by atoms with Crippen LogP contribution in [0.3, 0.4) is 0 Å². The standard InChI is InChI=1S/C13H17N3O2/c1-5-7-16(8-6-2)12-11(13(17)18)9(3)10(4)14-15-12/h1H,6-8H2,2-4H3,(H,17,18). The van der Waals surface area contributed by atoms with Gasteiger partial charge < -0.3 is 10.0 Å². The van der Waals surface area contributed by atoms with Gasteiger partial charge in [0, 0.05) is 6.54 Å². The molecule has 0 radical (unpaired) electrons. The molecule has 18 heavy (non-hydrogen) atoms. The van der Waals surface area contributed by atoms with Crippen LogP contribution in [0, 0.1) is 26.2 Å². The average molecular weight is 247 g/mol. The first-order valence-corrected chi connectivity index (χ1v) is 5.78. The maximum absolute atomic E-state index is 11.4. The van der Waals surface area contributed by atoms with Gasteiger partial charge in [0.25, 0.3) is 0 Å². The number of terminal acetylenes is 1. The highest BCUT2D eigenvalue weighted by molar-refractivity contribution is 5.95. The second-order valence-electron chi connectivity index (χ2n) is 4.04. The van der Waals surface area contributed by atoms with Crippen LogP contribution in [0.1, 0.15) is 35.0 Å². The fourth-order valence-corrected chi connectivity index (χ4v) is 1.71. The molecule has 0 atom stereocenters. The molecule has 1 heterocycles. The number of nitrogens with zero attached hydrogens (tertiary/aromatic N) is 3. The summed E-state index contributed by atoms with van der Waals surface area (Å²) in [5.74, 6) is 1.87. The normalized spacial score (nSPS) is 9.89. The molecule has 0 spiro atoms. The Kier molecular flexibility index (Phi) is 4.67. The van der Waals surface area contributed by atoms with Crippen LogP contribution in [0.4, 0.5) is 5.82 Å². The Balaban J connectivity index is 3.34. The number of hydrogen-bond donors (Lipinski definition) is 1. The fourth-order valence-electron chi connectivity index (χ4n) is 1.71. The van der Waals surface area contributed by atoms with E-state index in [2.05, 4.69) is 16.1 Å². The van der Waals surface area contributed by atoms with Crippen molar-refractivity contribution in [1.82, 2.24) is 10.2 Å². The van der Waals surface area contributed by atoms with E-state index in [4.69, 9.17) is 6.42 Å². The number of carbonyl (C=O) groups is 1. The summed E-state index contributed by atoms with van der Waals surface area (Å²) in [5.41, 5.74) is 1.44. The van der Waals surface area contributed by atoms with Crippen molar-refractivity contribution in [2.75, 3.05) is 18.0 Å². The molecule has 0 aliphatic heterocycles. The molecule has 1 aromatic rings. The Morgan fingerprint density at radius 2 is 2.11 bits per heavy atom. The Hall–Kier alpha value is -2.09. The SMILES string of the molecule is C#CCN(CCC)c1nnc(C)c(C)c1C(=O)O. The summed E-state index contributed by atoms with van der Waals surface area (Å²) in [6.45, 7) is 6.45. The number of hydrogen-bond acceptors (Lipinski definition) is 4. The lowest BCUT2D eigenvalue weighted by atomic mass is 10.1. The van der Waals surface area contributed by atoms with Crippen molar-refractivity contribution in [1.29, 1.82) is 0 Å². The molecule has 0 amide bonds. The average Bonchev–Trinajstić information content (AvgIpc) is 2.31. The van der Waals surface area contributed by atoms with Crippen LogP contribution in [0.5, 0.6) is 0 Å². The van der Waals surface area contributed by atoms with Gasteiger partial charge >= 0.3 is 5.97 Å². The Labute approximate surface area is 107 Å². The largest absolute Gasteiger partial charge is 0.478 e. The molecule has 5 nitrogen and oxygen atoms in total. The minimum Gasteiger partial charge on any atom is -0.478 e. The van der Waals surface area contributed by atoms with Crippen molar-refractivity contribution >= 4 is 11.8 Å². The first-order chi connectivity index (χ1) is 8.52. The van der Waals surface area contributed by atoms with E-state index in [9.17, 15) is 9.90 Å². The third-order valence-electron chi connectivity index (χ3n) is 2.73. The number of rotatable bonds is 5. The second kappa shape index (κ2) is 6.01. The zero-order valence-corrected chi connectivity index (χ0v) is 10.9. The van der Waals surface area contributed by atoms with E-state index in [0.717, 1.165) is 6.42 Å². The summed E-state index contributed by atoms with van der Waals surface area (Å²) >= 11 is 0. The van der Waals surface area contributed by atoms with Gasteiger partial charge in [-0.05, 0) is 25.8 Å². The minimum atomic E-state index is -1.00. The lowest BCUT2D eigenvalue weighted by molar-refractivity contribution is 0.0696. The quantitative estimate of drug-likeness (QED) is 0.801. The first-order valence-electron chi connectivity index (χ1n) is 5.78. The van der Waals surface area contributed by atoms with Crippen molar-refractivity contribution in [3.63, 3.8) is 0 Å². The highest BCUT2D eigenvalue weighted by Gasteiger charge is 2.21. The van der Waals surface area contributed by atoms with Crippen LogP contribution in [0.2, 0.25) is 0 Å². The Bertz CT molecular complexity index is 492. The molecule has 5 heteroatoms. The second-order valence-corrected chi connectivity index (χ2v) is 4.04. The number of anilines is 1. The molecule has 1 aromatic heterocycles. The zero-order chi connectivity index (χ0) is 13.7. The zero-order valence-electron chi connectivity index (χ0n) is 10.9. The van der Waals surface area contributed by atoms with Gasteiger partial charge in [-0.15, -0.1) is 11.5 Å². The molecule has 96 valence electrons. The van der Waals surface area contributed by atoms with Crippen molar-refractivity contribution in [3.05, 3.63) is 16.8 Å². The van der Waals surface area contributed by atoms with E-state index in [0.29, 0.717) is 30.2 Å².